The molecule has 2 aliphatic carbocycles. The summed E-state index contributed by atoms with van der Waals surface area (Å²) in [6.07, 6.45) is 4.72. The molecule has 0 spiro atoms. The molecule has 2 aliphatic rings. The molecule has 4 heteroatoms. The van der Waals surface area contributed by atoms with Crippen molar-refractivity contribution in [1.82, 2.24) is 0 Å². The number of hydrogen-bond donors (Lipinski definition) is 1. The van der Waals surface area contributed by atoms with Crippen LogP contribution in [0.25, 0.3) is 28.3 Å². The number of fused-ring (bicyclic) bond motifs is 6. The zero-order chi connectivity index (χ0) is 32.2. The fourth-order valence-corrected chi connectivity index (χ4v) is 7.26. The number of rotatable bonds is 6. The van der Waals surface area contributed by atoms with Crippen molar-refractivity contribution in [1.29, 1.82) is 5.26 Å². The number of nitriles is 1. The summed E-state index contributed by atoms with van der Waals surface area (Å²) in [5.41, 5.74) is 14.0. The number of aliphatic carboxylic acids is 1. The van der Waals surface area contributed by atoms with Gasteiger partial charge in [0.05, 0.1) is 0 Å². The first kappa shape index (κ1) is 29.1. The van der Waals surface area contributed by atoms with Gasteiger partial charge in [0.25, 0.3) is 0 Å². The first-order chi connectivity index (χ1) is 22.1. The van der Waals surface area contributed by atoms with Crippen molar-refractivity contribution in [3.63, 3.8) is 0 Å². The largest absolute Gasteiger partial charge is 0.477 e. The summed E-state index contributed by atoms with van der Waals surface area (Å²) in [6.45, 7) is 9.22. The van der Waals surface area contributed by atoms with E-state index in [-0.39, 0.29) is 16.4 Å². The van der Waals surface area contributed by atoms with Crippen molar-refractivity contribution in [2.45, 2.75) is 38.5 Å². The minimum absolute atomic E-state index is 0.129. The van der Waals surface area contributed by atoms with Gasteiger partial charge in [-0.3, -0.25) is 0 Å². The number of carboxylic acid groups (broad SMARTS) is 1. The average molecular weight is 599 g/mol. The molecule has 7 rings (SSSR count). The number of carboxylic acids is 1. The van der Waals surface area contributed by atoms with Gasteiger partial charge < -0.3 is 10.0 Å². The highest BCUT2D eigenvalue weighted by molar-refractivity contribution is 5.92. The van der Waals surface area contributed by atoms with E-state index in [9.17, 15) is 4.79 Å². The normalized spacial score (nSPS) is 15.1. The molecule has 0 fully saturated rings. The van der Waals surface area contributed by atoms with E-state index in [0.29, 0.717) is 0 Å². The van der Waals surface area contributed by atoms with Crippen molar-refractivity contribution >= 4 is 29.1 Å². The molecule has 0 aromatic heterocycles. The van der Waals surface area contributed by atoms with Crippen LogP contribution in [-0.4, -0.2) is 11.1 Å². The molecule has 5 aromatic carbocycles. The molecule has 0 bridgehead atoms. The van der Waals surface area contributed by atoms with Gasteiger partial charge in [0, 0.05) is 27.9 Å². The molecule has 0 unspecified atom stereocenters. The van der Waals surface area contributed by atoms with Gasteiger partial charge in [-0.2, -0.15) is 5.26 Å². The van der Waals surface area contributed by atoms with Gasteiger partial charge in [0.1, 0.15) is 11.6 Å². The van der Waals surface area contributed by atoms with Crippen LogP contribution in [0.3, 0.4) is 0 Å². The third kappa shape index (κ3) is 4.55. The molecule has 0 heterocycles. The summed E-state index contributed by atoms with van der Waals surface area (Å²) >= 11 is 0. The Morgan fingerprint density at radius 1 is 0.652 bits per heavy atom. The second kappa shape index (κ2) is 10.8. The quantitative estimate of drug-likeness (QED) is 0.120. The predicted octanol–water partition coefficient (Wildman–Crippen LogP) is 10.3. The Hall–Kier alpha value is -5.66. The van der Waals surface area contributed by atoms with Gasteiger partial charge in [-0.05, 0) is 92.5 Å². The summed E-state index contributed by atoms with van der Waals surface area (Å²) < 4.78 is 0. The van der Waals surface area contributed by atoms with E-state index in [1.165, 1.54) is 50.6 Å². The van der Waals surface area contributed by atoms with Crippen molar-refractivity contribution < 1.29 is 9.90 Å². The smallest absolute Gasteiger partial charge is 0.346 e. The van der Waals surface area contributed by atoms with Crippen molar-refractivity contribution in [2.75, 3.05) is 4.90 Å². The highest BCUT2D eigenvalue weighted by atomic mass is 16.4. The first-order valence-electron chi connectivity index (χ1n) is 15.5. The fraction of sp³-hybridized carbons (Fsp3) is 0.143. The second-order valence-corrected chi connectivity index (χ2v) is 13.1. The van der Waals surface area contributed by atoms with Crippen molar-refractivity contribution in [2.24, 2.45) is 0 Å². The molecular formula is C42H34N2O2. The van der Waals surface area contributed by atoms with Crippen LogP contribution < -0.4 is 4.90 Å². The highest BCUT2D eigenvalue weighted by Crippen LogP contribution is 2.52. The van der Waals surface area contributed by atoms with Gasteiger partial charge in [-0.1, -0.05) is 113 Å². The zero-order valence-electron chi connectivity index (χ0n) is 26.4. The Balaban J connectivity index is 1.35. The number of carbonyl (C=O) groups is 1. The molecule has 0 atom stereocenters. The van der Waals surface area contributed by atoms with Gasteiger partial charge in [-0.15, -0.1) is 0 Å². The van der Waals surface area contributed by atoms with E-state index in [2.05, 4.69) is 130 Å². The molecule has 4 nitrogen and oxygen atoms in total. The molecular weight excluding hydrogens is 564 g/mol. The van der Waals surface area contributed by atoms with Gasteiger partial charge >= 0.3 is 5.97 Å². The summed E-state index contributed by atoms with van der Waals surface area (Å²) in [4.78, 5) is 13.5. The maximum Gasteiger partial charge on any atom is 0.346 e. The lowest BCUT2D eigenvalue weighted by Crippen LogP contribution is -2.18. The zero-order valence-corrected chi connectivity index (χ0v) is 26.4. The summed E-state index contributed by atoms with van der Waals surface area (Å²) in [6, 6.07) is 41.0. The number of anilines is 3. The fourth-order valence-electron chi connectivity index (χ4n) is 7.26. The highest BCUT2D eigenvalue weighted by Gasteiger charge is 2.37. The molecule has 224 valence electrons. The summed E-state index contributed by atoms with van der Waals surface area (Å²) in [5.74, 6) is -1.24. The van der Waals surface area contributed by atoms with E-state index in [0.717, 1.165) is 22.6 Å². The molecule has 1 N–H and O–H groups in total. The third-order valence-electron chi connectivity index (χ3n) is 9.70. The lowest BCUT2D eigenvalue weighted by atomic mass is 9.82. The van der Waals surface area contributed by atoms with Crippen LogP contribution in [0.5, 0.6) is 0 Å². The van der Waals surface area contributed by atoms with Crippen LogP contribution >= 0.6 is 0 Å². The van der Waals surface area contributed by atoms with Crippen LogP contribution in [-0.2, 0) is 15.6 Å². The minimum Gasteiger partial charge on any atom is -0.477 e. The Labute approximate surface area is 270 Å². The minimum atomic E-state index is -1.24. The Kier molecular flexibility index (Phi) is 6.80. The lowest BCUT2D eigenvalue weighted by molar-refractivity contribution is -0.132. The van der Waals surface area contributed by atoms with E-state index < -0.39 is 5.97 Å². The number of benzene rings is 5. The molecule has 46 heavy (non-hydrogen) atoms. The Morgan fingerprint density at radius 2 is 1.11 bits per heavy atom. The molecule has 0 saturated carbocycles. The van der Waals surface area contributed by atoms with Crippen LogP contribution in [0.4, 0.5) is 17.1 Å². The van der Waals surface area contributed by atoms with E-state index in [1.807, 2.05) is 12.1 Å². The predicted molar refractivity (Wildman–Crippen MR) is 187 cm³/mol. The van der Waals surface area contributed by atoms with Crippen LogP contribution in [0.2, 0.25) is 0 Å². The number of allylic oxidation sites excluding steroid dienone is 2. The van der Waals surface area contributed by atoms with Crippen molar-refractivity contribution in [3.05, 3.63) is 155 Å². The standard InChI is InChI=1S/C42H34N2O2/c1-41(2)36-14-7-5-12-32(36)34-22-20-30(24-38(34)41)44(29-18-16-27(17-19-29)10-9-11-28(26-43)40(45)46)31-21-23-35-33-13-6-8-15-37(33)42(3,4)39(35)25-31/h5-25H,1-4H3,(H,45,46)/b10-9+,28-11+. The lowest BCUT2D eigenvalue weighted by Gasteiger charge is -2.29. The van der Waals surface area contributed by atoms with Crippen LogP contribution in [0.1, 0.15) is 55.5 Å². The topological polar surface area (TPSA) is 64.3 Å². The third-order valence-corrected chi connectivity index (χ3v) is 9.70. The maximum absolute atomic E-state index is 11.2. The number of nitrogens with zero attached hydrogens (tertiary/aromatic N) is 2. The summed E-state index contributed by atoms with van der Waals surface area (Å²) in [7, 11) is 0. The second-order valence-electron chi connectivity index (χ2n) is 13.1. The van der Waals surface area contributed by atoms with E-state index >= 15 is 0 Å². The average Bonchev–Trinajstić information content (AvgIpc) is 3.43. The summed E-state index contributed by atoms with van der Waals surface area (Å²) in [5, 5.41) is 18.2. The Bertz CT molecular complexity index is 2030. The van der Waals surface area contributed by atoms with Gasteiger partial charge in [0.15, 0.2) is 0 Å². The molecule has 0 aliphatic heterocycles. The molecule has 0 radical (unpaired) electrons. The first-order valence-corrected chi connectivity index (χ1v) is 15.5. The SMILES string of the molecule is CC1(C)c2ccccc2-c2ccc(N(c3ccc(/C=C/C=C(\C#N)C(=O)O)cc3)c3ccc4c(c3)C(C)(C)c3ccccc3-4)cc21. The monoisotopic (exact) mass is 598 g/mol. The van der Waals surface area contributed by atoms with Gasteiger partial charge in [-0.25, -0.2) is 4.79 Å². The van der Waals surface area contributed by atoms with E-state index in [1.54, 1.807) is 18.2 Å². The van der Waals surface area contributed by atoms with E-state index in [4.69, 9.17) is 10.4 Å². The molecule has 5 aromatic rings. The van der Waals surface area contributed by atoms with Gasteiger partial charge in [0.2, 0.25) is 0 Å². The maximum atomic E-state index is 11.2. The Morgan fingerprint density at radius 3 is 1.59 bits per heavy atom. The molecule has 0 saturated heterocycles. The van der Waals surface area contributed by atoms with Crippen LogP contribution in [0.15, 0.2) is 127 Å². The van der Waals surface area contributed by atoms with Crippen molar-refractivity contribution in [3.8, 4) is 28.3 Å². The van der Waals surface area contributed by atoms with Crippen LogP contribution in [0, 0.1) is 11.3 Å². The number of hydrogen-bond acceptors (Lipinski definition) is 3. The molecule has 0 amide bonds.